The minimum atomic E-state index is -1.52. The maximum atomic E-state index is 12.8. The zero-order valence-electron chi connectivity index (χ0n) is 19.3. The monoisotopic (exact) mass is 492 g/mol. The van der Waals surface area contributed by atoms with Gasteiger partial charge in [0.15, 0.2) is 23.8 Å². The number of imidazole rings is 1. The lowest BCUT2D eigenvalue weighted by Gasteiger charge is -2.24. The van der Waals surface area contributed by atoms with Crippen LogP contribution < -0.4 is 27.0 Å². The van der Waals surface area contributed by atoms with E-state index in [4.69, 9.17) is 10.5 Å². The van der Waals surface area contributed by atoms with Gasteiger partial charge in [0.1, 0.15) is 24.1 Å². The molecule has 2 amide bonds. The van der Waals surface area contributed by atoms with Crippen LogP contribution in [-0.2, 0) is 14.3 Å². The number of hydrogen-bond donors (Lipinski definition) is 7. The molecule has 0 unspecified atom stereocenters. The van der Waals surface area contributed by atoms with Crippen LogP contribution in [0.15, 0.2) is 12.7 Å². The molecular formula is C20H32N10O5. The molecule has 15 heteroatoms. The number of hydrogen-bond acceptors (Lipinski definition) is 12. The first-order valence-electron chi connectivity index (χ1n) is 11.6. The Morgan fingerprint density at radius 3 is 2.37 bits per heavy atom. The minimum Gasteiger partial charge on any atom is -0.387 e. The Bertz CT molecular complexity index is 1010. The number of nitrogens with one attached hydrogen (secondary N) is 4. The SMILES string of the molecule is Nc1ncnc2c1ncn2[C@@H]1O[C@H](C(=O)NCC(=O)N2CCNCCNCCNCC2)[C@@H](O)[C@H]1O. The predicted molar refractivity (Wildman–Crippen MR) is 124 cm³/mol. The maximum absolute atomic E-state index is 12.8. The van der Waals surface area contributed by atoms with Gasteiger partial charge >= 0.3 is 0 Å². The summed E-state index contributed by atoms with van der Waals surface area (Å²) in [5, 5.41) is 33.4. The van der Waals surface area contributed by atoms with Crippen molar-refractivity contribution in [1.82, 2.24) is 45.7 Å². The number of amides is 2. The topological polar surface area (TPSA) is 205 Å². The van der Waals surface area contributed by atoms with Crippen molar-refractivity contribution >= 4 is 28.8 Å². The van der Waals surface area contributed by atoms with Gasteiger partial charge in [0.25, 0.3) is 5.91 Å². The number of aliphatic hydroxyl groups excluding tert-OH is 2. The first-order chi connectivity index (χ1) is 17.0. The van der Waals surface area contributed by atoms with E-state index in [9.17, 15) is 19.8 Å². The van der Waals surface area contributed by atoms with Crippen molar-refractivity contribution < 1.29 is 24.5 Å². The van der Waals surface area contributed by atoms with Crippen molar-refractivity contribution in [2.45, 2.75) is 24.5 Å². The Balaban J connectivity index is 1.34. The van der Waals surface area contributed by atoms with E-state index in [1.165, 1.54) is 17.2 Å². The number of carbonyl (C=O) groups excluding carboxylic acids is 2. The van der Waals surface area contributed by atoms with E-state index >= 15 is 0 Å². The summed E-state index contributed by atoms with van der Waals surface area (Å²) in [7, 11) is 0. The molecule has 15 nitrogen and oxygen atoms in total. The van der Waals surface area contributed by atoms with E-state index in [-0.39, 0.29) is 18.3 Å². The largest absolute Gasteiger partial charge is 0.387 e. The smallest absolute Gasteiger partial charge is 0.252 e. The molecule has 4 heterocycles. The highest BCUT2D eigenvalue weighted by molar-refractivity contribution is 5.87. The lowest BCUT2D eigenvalue weighted by Crippen LogP contribution is -2.49. The van der Waals surface area contributed by atoms with Crippen LogP contribution in [0.5, 0.6) is 0 Å². The summed E-state index contributed by atoms with van der Waals surface area (Å²) >= 11 is 0. The Morgan fingerprint density at radius 1 is 1.03 bits per heavy atom. The van der Waals surface area contributed by atoms with Gasteiger partial charge in [0.05, 0.1) is 12.9 Å². The van der Waals surface area contributed by atoms with Gasteiger partial charge in [0, 0.05) is 52.4 Å². The molecule has 0 spiro atoms. The fraction of sp³-hybridized carbons (Fsp3) is 0.650. The second kappa shape index (κ2) is 11.7. The molecule has 4 atom stereocenters. The second-order valence-electron chi connectivity index (χ2n) is 8.36. The Kier molecular flexibility index (Phi) is 8.37. The van der Waals surface area contributed by atoms with E-state index in [1.54, 1.807) is 4.90 Å². The molecule has 8 N–H and O–H groups in total. The summed E-state index contributed by atoms with van der Waals surface area (Å²) in [6.45, 7) is 5.28. The van der Waals surface area contributed by atoms with Gasteiger partial charge in [-0.3, -0.25) is 14.2 Å². The number of anilines is 1. The van der Waals surface area contributed by atoms with Gasteiger partial charge in [-0.1, -0.05) is 0 Å². The predicted octanol–water partition coefficient (Wildman–Crippen LogP) is -4.25. The van der Waals surface area contributed by atoms with Crippen LogP contribution in [0.4, 0.5) is 5.82 Å². The summed E-state index contributed by atoms with van der Waals surface area (Å²) in [4.78, 5) is 39.3. The van der Waals surface area contributed by atoms with Gasteiger partial charge in [0.2, 0.25) is 5.91 Å². The van der Waals surface area contributed by atoms with E-state index in [2.05, 4.69) is 36.2 Å². The highest BCUT2D eigenvalue weighted by atomic mass is 16.6. The molecule has 2 aromatic heterocycles. The number of nitrogen functional groups attached to an aromatic ring is 1. The first kappa shape index (κ1) is 25.2. The molecule has 0 radical (unpaired) electrons. The maximum Gasteiger partial charge on any atom is 0.252 e. The van der Waals surface area contributed by atoms with Crippen LogP contribution in [0.3, 0.4) is 0 Å². The quantitative estimate of drug-likeness (QED) is 0.217. The summed E-state index contributed by atoms with van der Waals surface area (Å²) in [5.74, 6) is -0.810. The van der Waals surface area contributed by atoms with Crippen molar-refractivity contribution in [3.8, 4) is 0 Å². The molecule has 192 valence electrons. The third kappa shape index (κ3) is 5.83. The lowest BCUT2D eigenvalue weighted by molar-refractivity contribution is -0.140. The van der Waals surface area contributed by atoms with Crippen LogP contribution >= 0.6 is 0 Å². The highest BCUT2D eigenvalue weighted by Crippen LogP contribution is 2.32. The Morgan fingerprint density at radius 2 is 1.69 bits per heavy atom. The van der Waals surface area contributed by atoms with E-state index < -0.39 is 30.4 Å². The van der Waals surface area contributed by atoms with E-state index in [0.717, 1.165) is 26.2 Å². The van der Waals surface area contributed by atoms with Gasteiger partial charge in [-0.2, -0.15) is 0 Å². The van der Waals surface area contributed by atoms with Crippen LogP contribution in [0.2, 0.25) is 0 Å². The number of aliphatic hydroxyl groups is 2. The van der Waals surface area contributed by atoms with E-state index in [1.807, 2.05) is 0 Å². The standard InChI is InChI=1S/C20H32N10O5/c21-17-13-18(27-10-26-17)30(11-28-13)20-15(33)14(32)16(35-20)19(34)25-9-12(31)29-7-5-23-3-1-22-2-4-24-6-8-29/h10-11,14-16,20,22-24,32-33H,1-9H2,(H,25,34)(H2,21,26,27)/t14-,15+,16-,20+/m0/s1. The summed E-state index contributed by atoms with van der Waals surface area (Å²) in [6, 6.07) is 0. The highest BCUT2D eigenvalue weighted by Gasteiger charge is 2.47. The normalized spacial score (nSPS) is 26.7. The molecular weight excluding hydrogens is 460 g/mol. The number of carbonyl (C=O) groups is 2. The minimum absolute atomic E-state index is 0.151. The van der Waals surface area contributed by atoms with Gasteiger partial charge < -0.3 is 46.9 Å². The number of aromatic nitrogens is 4. The number of ether oxygens (including phenoxy) is 1. The number of fused-ring (bicyclic) bond motifs is 1. The van der Waals surface area contributed by atoms with Crippen molar-refractivity contribution in [2.24, 2.45) is 0 Å². The van der Waals surface area contributed by atoms with Crippen molar-refractivity contribution in [3.63, 3.8) is 0 Å². The average molecular weight is 493 g/mol. The van der Waals surface area contributed by atoms with Crippen LogP contribution in [0.1, 0.15) is 6.23 Å². The van der Waals surface area contributed by atoms with Crippen molar-refractivity contribution in [1.29, 1.82) is 0 Å². The summed E-state index contributed by atoms with van der Waals surface area (Å²) < 4.78 is 7.05. The molecule has 2 aliphatic heterocycles. The number of rotatable bonds is 4. The second-order valence-corrected chi connectivity index (χ2v) is 8.36. The fourth-order valence-corrected chi connectivity index (χ4v) is 4.06. The van der Waals surface area contributed by atoms with E-state index in [0.29, 0.717) is 37.3 Å². The molecule has 0 saturated carbocycles. The Hall–Kier alpha value is -2.95. The van der Waals surface area contributed by atoms with Crippen LogP contribution in [-0.4, -0.2) is 124 Å². The molecule has 35 heavy (non-hydrogen) atoms. The Labute approximate surface area is 201 Å². The van der Waals surface area contributed by atoms with Gasteiger partial charge in [-0.15, -0.1) is 0 Å². The molecule has 2 fully saturated rings. The zero-order valence-corrected chi connectivity index (χ0v) is 19.3. The van der Waals surface area contributed by atoms with Crippen LogP contribution in [0.25, 0.3) is 11.2 Å². The molecule has 0 aromatic carbocycles. The third-order valence-corrected chi connectivity index (χ3v) is 6.00. The third-order valence-electron chi connectivity index (χ3n) is 6.00. The van der Waals surface area contributed by atoms with Crippen molar-refractivity contribution in [3.05, 3.63) is 12.7 Å². The average Bonchev–Trinajstić information content (AvgIpc) is 3.39. The number of nitrogens with two attached hydrogens (primary N) is 1. The summed E-state index contributed by atoms with van der Waals surface area (Å²) in [5.41, 5.74) is 6.39. The molecule has 2 aliphatic rings. The number of nitrogens with zero attached hydrogens (tertiary/aromatic N) is 5. The zero-order chi connectivity index (χ0) is 24.8. The first-order valence-corrected chi connectivity index (χ1v) is 11.6. The lowest BCUT2D eigenvalue weighted by atomic mass is 10.1. The van der Waals surface area contributed by atoms with Gasteiger partial charge in [-0.05, 0) is 0 Å². The van der Waals surface area contributed by atoms with Crippen LogP contribution in [0, 0.1) is 0 Å². The molecule has 2 aromatic rings. The molecule has 4 rings (SSSR count). The molecule has 2 saturated heterocycles. The van der Waals surface area contributed by atoms with Gasteiger partial charge in [-0.25, -0.2) is 15.0 Å². The van der Waals surface area contributed by atoms with Crippen molar-refractivity contribution in [2.75, 3.05) is 64.6 Å². The fourth-order valence-electron chi connectivity index (χ4n) is 4.06. The molecule has 0 bridgehead atoms. The molecule has 0 aliphatic carbocycles. The summed E-state index contributed by atoms with van der Waals surface area (Å²) in [6.07, 6.45) is -2.88.